The monoisotopic (exact) mass is 386 g/mol. The molecule has 0 aromatic heterocycles. The Morgan fingerprint density at radius 2 is 1.50 bits per heavy atom. The number of amides is 4. The molecule has 0 radical (unpaired) electrons. The third-order valence-electron chi connectivity index (χ3n) is 4.91. The van der Waals surface area contributed by atoms with Gasteiger partial charge in [0.2, 0.25) is 5.91 Å². The Labute approximate surface area is 164 Å². The molecule has 1 aliphatic heterocycles. The minimum Gasteiger partial charge on any atom is -0.345 e. The van der Waals surface area contributed by atoms with Crippen LogP contribution in [0, 0.1) is 13.8 Å². The minimum absolute atomic E-state index is 0.0953. The summed E-state index contributed by atoms with van der Waals surface area (Å²) in [5, 5.41) is 5.34. The van der Waals surface area contributed by atoms with Gasteiger partial charge in [-0.3, -0.25) is 19.2 Å². The lowest BCUT2D eigenvalue weighted by atomic mass is 10.1. The van der Waals surface area contributed by atoms with Crippen LogP contribution >= 0.6 is 0 Å². The highest BCUT2D eigenvalue weighted by Gasteiger charge is 2.31. The molecule has 2 aliphatic rings. The summed E-state index contributed by atoms with van der Waals surface area (Å²) in [4.78, 5) is 51.7. The van der Waals surface area contributed by atoms with E-state index in [9.17, 15) is 19.2 Å². The molecule has 0 unspecified atom stereocenters. The second-order valence-electron chi connectivity index (χ2n) is 7.48. The van der Waals surface area contributed by atoms with Gasteiger partial charge in [-0.15, -0.1) is 0 Å². The van der Waals surface area contributed by atoms with Crippen LogP contribution in [0.2, 0.25) is 0 Å². The topological polar surface area (TPSA) is 98.8 Å². The molecule has 3 rings (SSSR count). The van der Waals surface area contributed by atoms with E-state index in [2.05, 4.69) is 10.6 Å². The van der Waals surface area contributed by atoms with Gasteiger partial charge in [0.1, 0.15) is 0 Å². The SMILES string of the molecule is Cc1cc(C)cc(C(=O)NCC(=O)N2CCN(C(=O)C(=O)NC3CC3)CC2)c1. The molecule has 1 saturated carbocycles. The number of carbonyl (C=O) groups excluding carboxylic acids is 4. The molecule has 150 valence electrons. The number of aryl methyl sites for hydroxylation is 2. The summed E-state index contributed by atoms with van der Waals surface area (Å²) in [6.07, 6.45) is 1.85. The summed E-state index contributed by atoms with van der Waals surface area (Å²) < 4.78 is 0. The van der Waals surface area contributed by atoms with Crippen LogP contribution in [-0.4, -0.2) is 72.2 Å². The normalized spacial score (nSPS) is 16.5. The highest BCUT2D eigenvalue weighted by Crippen LogP contribution is 2.18. The van der Waals surface area contributed by atoms with E-state index in [1.165, 1.54) is 4.90 Å². The molecule has 0 atom stereocenters. The van der Waals surface area contributed by atoms with E-state index in [-0.39, 0.29) is 24.4 Å². The van der Waals surface area contributed by atoms with Crippen molar-refractivity contribution in [3.63, 3.8) is 0 Å². The average molecular weight is 386 g/mol. The average Bonchev–Trinajstić information content (AvgIpc) is 3.48. The van der Waals surface area contributed by atoms with E-state index in [0.717, 1.165) is 24.0 Å². The Hall–Kier alpha value is -2.90. The predicted molar refractivity (Wildman–Crippen MR) is 103 cm³/mol. The van der Waals surface area contributed by atoms with Crippen molar-refractivity contribution in [3.8, 4) is 0 Å². The number of nitrogens with one attached hydrogen (secondary N) is 2. The van der Waals surface area contributed by atoms with Gasteiger partial charge in [-0.05, 0) is 38.8 Å². The molecule has 0 bridgehead atoms. The summed E-state index contributed by atoms with van der Waals surface area (Å²) in [5.41, 5.74) is 2.51. The highest BCUT2D eigenvalue weighted by atomic mass is 16.2. The fourth-order valence-corrected chi connectivity index (χ4v) is 3.25. The van der Waals surface area contributed by atoms with E-state index in [1.807, 2.05) is 19.9 Å². The maximum atomic E-state index is 12.4. The third kappa shape index (κ3) is 5.09. The standard InChI is InChI=1S/C20H26N4O4/c1-13-9-14(2)11-15(10-13)18(26)21-12-17(25)23-5-7-24(8-6-23)20(28)19(27)22-16-3-4-16/h9-11,16H,3-8,12H2,1-2H3,(H,21,26)(H,22,27). The summed E-state index contributed by atoms with van der Waals surface area (Å²) >= 11 is 0. The van der Waals surface area contributed by atoms with Gasteiger partial charge in [0.15, 0.2) is 0 Å². The number of carbonyl (C=O) groups is 4. The minimum atomic E-state index is -0.567. The number of hydrogen-bond donors (Lipinski definition) is 2. The fourth-order valence-electron chi connectivity index (χ4n) is 3.25. The van der Waals surface area contributed by atoms with Crippen LogP contribution < -0.4 is 10.6 Å². The molecule has 1 saturated heterocycles. The van der Waals surface area contributed by atoms with Gasteiger partial charge in [0.25, 0.3) is 5.91 Å². The van der Waals surface area contributed by atoms with E-state index in [1.54, 1.807) is 17.0 Å². The molecule has 8 nitrogen and oxygen atoms in total. The largest absolute Gasteiger partial charge is 0.345 e. The lowest BCUT2D eigenvalue weighted by Crippen LogP contribution is -2.55. The van der Waals surface area contributed by atoms with Crippen LogP contribution in [0.5, 0.6) is 0 Å². The molecule has 2 fully saturated rings. The molecule has 1 aromatic rings. The van der Waals surface area contributed by atoms with Crippen LogP contribution in [0.15, 0.2) is 18.2 Å². The Morgan fingerprint density at radius 3 is 2.07 bits per heavy atom. The first-order valence-electron chi connectivity index (χ1n) is 9.57. The van der Waals surface area contributed by atoms with Gasteiger partial charge in [0, 0.05) is 37.8 Å². The zero-order valence-corrected chi connectivity index (χ0v) is 16.3. The summed E-state index contributed by atoms with van der Waals surface area (Å²) in [6.45, 7) is 5.06. The summed E-state index contributed by atoms with van der Waals surface area (Å²) in [5.74, 6) is -1.59. The zero-order valence-electron chi connectivity index (χ0n) is 16.3. The molecule has 2 N–H and O–H groups in total. The smallest absolute Gasteiger partial charge is 0.312 e. The van der Waals surface area contributed by atoms with E-state index >= 15 is 0 Å². The number of benzene rings is 1. The number of nitrogens with zero attached hydrogens (tertiary/aromatic N) is 2. The van der Waals surface area contributed by atoms with E-state index < -0.39 is 11.8 Å². The van der Waals surface area contributed by atoms with Crippen LogP contribution in [0.1, 0.15) is 34.3 Å². The van der Waals surface area contributed by atoms with Gasteiger partial charge in [-0.1, -0.05) is 17.2 Å². The van der Waals surface area contributed by atoms with E-state index in [0.29, 0.717) is 31.7 Å². The van der Waals surface area contributed by atoms with Gasteiger partial charge >= 0.3 is 11.8 Å². The first kappa shape index (κ1) is 19.9. The first-order valence-corrected chi connectivity index (χ1v) is 9.57. The third-order valence-corrected chi connectivity index (χ3v) is 4.91. The molecule has 0 spiro atoms. The Balaban J connectivity index is 1.44. The van der Waals surface area contributed by atoms with Crippen LogP contribution in [-0.2, 0) is 14.4 Å². The molecule has 8 heteroatoms. The second-order valence-corrected chi connectivity index (χ2v) is 7.48. The Kier molecular flexibility index (Phi) is 5.96. The van der Waals surface area contributed by atoms with Crippen molar-refractivity contribution in [3.05, 3.63) is 34.9 Å². The first-order chi connectivity index (χ1) is 13.3. The van der Waals surface area contributed by atoms with Crippen molar-refractivity contribution in [1.29, 1.82) is 0 Å². The summed E-state index contributed by atoms with van der Waals surface area (Å²) in [7, 11) is 0. The molecule has 28 heavy (non-hydrogen) atoms. The Morgan fingerprint density at radius 1 is 0.929 bits per heavy atom. The van der Waals surface area contributed by atoms with Gasteiger partial charge < -0.3 is 20.4 Å². The van der Waals surface area contributed by atoms with Crippen molar-refractivity contribution < 1.29 is 19.2 Å². The van der Waals surface area contributed by atoms with Gasteiger partial charge in [0.05, 0.1) is 6.54 Å². The van der Waals surface area contributed by atoms with Crippen molar-refractivity contribution in [2.75, 3.05) is 32.7 Å². The van der Waals surface area contributed by atoms with Gasteiger partial charge in [-0.25, -0.2) is 0 Å². The second kappa shape index (κ2) is 8.41. The molecule has 1 heterocycles. The van der Waals surface area contributed by atoms with Crippen LogP contribution in [0.4, 0.5) is 0 Å². The molecule has 4 amide bonds. The zero-order chi connectivity index (χ0) is 20.3. The molecular formula is C20H26N4O4. The van der Waals surface area contributed by atoms with Crippen LogP contribution in [0.25, 0.3) is 0 Å². The predicted octanol–water partition coefficient (Wildman–Crippen LogP) is -0.0174. The molecule has 1 aromatic carbocycles. The maximum Gasteiger partial charge on any atom is 0.312 e. The Bertz CT molecular complexity index is 775. The van der Waals surface area contributed by atoms with Gasteiger partial charge in [-0.2, -0.15) is 0 Å². The van der Waals surface area contributed by atoms with E-state index in [4.69, 9.17) is 0 Å². The number of rotatable bonds is 4. The quantitative estimate of drug-likeness (QED) is 0.711. The highest BCUT2D eigenvalue weighted by molar-refractivity contribution is 6.35. The van der Waals surface area contributed by atoms with Crippen LogP contribution in [0.3, 0.4) is 0 Å². The van der Waals surface area contributed by atoms with Crippen molar-refractivity contribution in [2.45, 2.75) is 32.7 Å². The molecule has 1 aliphatic carbocycles. The van der Waals surface area contributed by atoms with Crippen molar-refractivity contribution in [1.82, 2.24) is 20.4 Å². The number of hydrogen-bond acceptors (Lipinski definition) is 4. The molecular weight excluding hydrogens is 360 g/mol. The van der Waals surface area contributed by atoms with Crippen molar-refractivity contribution in [2.24, 2.45) is 0 Å². The lowest BCUT2D eigenvalue weighted by molar-refractivity contribution is -0.148. The number of piperazine rings is 1. The maximum absolute atomic E-state index is 12.4. The fraction of sp³-hybridized carbons (Fsp3) is 0.500. The van der Waals surface area contributed by atoms with Crippen molar-refractivity contribution >= 4 is 23.6 Å². The lowest BCUT2D eigenvalue weighted by Gasteiger charge is -2.34. The summed E-state index contributed by atoms with van der Waals surface area (Å²) in [6, 6.07) is 5.68.